The van der Waals surface area contributed by atoms with Gasteiger partial charge in [-0.25, -0.2) is 9.67 Å². The number of aryl methyl sites for hydroxylation is 1. The number of likely N-dealkylation sites (tertiary alicyclic amines) is 1. The van der Waals surface area contributed by atoms with Gasteiger partial charge in [0.25, 0.3) is 5.56 Å². The third-order valence-electron chi connectivity index (χ3n) is 12.6. The van der Waals surface area contributed by atoms with Crippen molar-refractivity contribution in [1.29, 1.82) is 0 Å². The van der Waals surface area contributed by atoms with Gasteiger partial charge >= 0.3 is 0 Å². The lowest BCUT2D eigenvalue weighted by Crippen LogP contribution is -2.41. The van der Waals surface area contributed by atoms with Crippen LogP contribution in [0.15, 0.2) is 163 Å². The number of carbonyl (C=O) groups excluding carboxylic acids is 1. The van der Waals surface area contributed by atoms with Crippen molar-refractivity contribution in [3.8, 4) is 22.5 Å². The molecular formula is C53H51N7O3. The number of fused-ring (bicyclic) bond motifs is 1. The van der Waals surface area contributed by atoms with E-state index in [0.717, 1.165) is 82.6 Å². The molecule has 63 heavy (non-hydrogen) atoms. The van der Waals surface area contributed by atoms with Gasteiger partial charge in [0.05, 0.1) is 29.5 Å². The minimum atomic E-state index is -0.897. The zero-order valence-corrected chi connectivity index (χ0v) is 36.0. The highest BCUT2D eigenvalue weighted by Gasteiger charge is 2.42. The van der Waals surface area contributed by atoms with E-state index < -0.39 is 11.6 Å². The molecular weight excluding hydrogens is 783 g/mol. The number of rotatable bonds is 14. The normalized spacial score (nSPS) is 14.9. The van der Waals surface area contributed by atoms with E-state index in [4.69, 9.17) is 20.0 Å². The van der Waals surface area contributed by atoms with Crippen LogP contribution < -0.4 is 5.56 Å². The van der Waals surface area contributed by atoms with E-state index in [-0.39, 0.29) is 17.4 Å². The molecule has 2 unspecified atom stereocenters. The van der Waals surface area contributed by atoms with Crippen LogP contribution in [0, 0.1) is 5.92 Å². The minimum Gasteiger partial charge on any atom is -0.376 e. The highest BCUT2D eigenvalue weighted by atomic mass is 16.5. The first-order chi connectivity index (χ1) is 30.9. The van der Waals surface area contributed by atoms with Crippen molar-refractivity contribution in [3.63, 3.8) is 0 Å². The van der Waals surface area contributed by atoms with Gasteiger partial charge in [-0.05, 0) is 80.8 Å². The fourth-order valence-electron chi connectivity index (χ4n) is 9.42. The second-order valence-corrected chi connectivity index (χ2v) is 16.4. The smallest absolute Gasteiger partial charge is 0.261 e. The molecule has 2 aromatic heterocycles. The largest absolute Gasteiger partial charge is 0.376 e. The lowest BCUT2D eigenvalue weighted by Gasteiger charge is -2.36. The van der Waals surface area contributed by atoms with E-state index in [1.807, 2.05) is 64.8 Å². The Morgan fingerprint density at radius 3 is 2.00 bits per heavy atom. The third kappa shape index (κ3) is 7.76. The summed E-state index contributed by atoms with van der Waals surface area (Å²) < 4.78 is 9.74. The summed E-state index contributed by atoms with van der Waals surface area (Å²) in [4.78, 5) is 34.6. The van der Waals surface area contributed by atoms with Gasteiger partial charge in [-0.15, -0.1) is 5.10 Å². The van der Waals surface area contributed by atoms with Crippen LogP contribution in [0.4, 0.5) is 0 Å². The Balaban J connectivity index is 1.09. The summed E-state index contributed by atoms with van der Waals surface area (Å²) >= 11 is 0. The number of hydrogen-bond acceptors (Lipinski definition) is 7. The number of hydrogen-bond donors (Lipinski definition) is 0. The summed E-state index contributed by atoms with van der Waals surface area (Å²) in [6.07, 6.45) is 3.77. The Morgan fingerprint density at radius 2 is 1.38 bits per heavy atom. The van der Waals surface area contributed by atoms with Crippen LogP contribution in [0.3, 0.4) is 0 Å². The van der Waals surface area contributed by atoms with Crippen molar-refractivity contribution in [2.24, 2.45) is 5.92 Å². The minimum absolute atomic E-state index is 0.0722. The average Bonchev–Trinajstić information content (AvgIpc) is 3.83. The van der Waals surface area contributed by atoms with Gasteiger partial charge in [-0.1, -0.05) is 159 Å². The first-order valence-electron chi connectivity index (χ1n) is 21.9. The maximum atomic E-state index is 14.5. The molecule has 0 spiro atoms. The number of amides is 1. The number of methoxy groups -OCH3 is 1. The number of tetrazole rings is 1. The van der Waals surface area contributed by atoms with Gasteiger partial charge in [-0.2, -0.15) is 0 Å². The Bertz CT molecular complexity index is 2800. The quantitative estimate of drug-likeness (QED) is 0.101. The molecule has 0 N–H and O–H groups in total. The van der Waals surface area contributed by atoms with Crippen molar-refractivity contribution in [2.75, 3.05) is 20.7 Å². The van der Waals surface area contributed by atoms with E-state index >= 15 is 0 Å². The average molecular weight is 834 g/mol. The molecule has 1 saturated heterocycles. The van der Waals surface area contributed by atoms with E-state index in [1.165, 1.54) is 0 Å². The van der Waals surface area contributed by atoms with Gasteiger partial charge in [0.1, 0.15) is 11.4 Å². The van der Waals surface area contributed by atoms with Gasteiger partial charge in [0.2, 0.25) is 5.91 Å². The number of unbranched alkanes of at least 4 members (excludes halogenated alkanes) is 1. The number of aromatic nitrogens is 6. The molecule has 9 rings (SSSR count). The first kappa shape index (κ1) is 41.3. The highest BCUT2D eigenvalue weighted by Crippen LogP contribution is 2.43. The van der Waals surface area contributed by atoms with Gasteiger partial charge in [-0.3, -0.25) is 14.2 Å². The SMILES string of the molecule is CCCCc1nc2ccc(C(OC)C3CCCN(C)C3=O)cc2c(=O)n1Cc1ccc(-c2ccccc2-c2nnnn2C(c2ccccc2)(c2ccccc2)c2ccccc2)cc1. The zero-order valence-electron chi connectivity index (χ0n) is 36.0. The molecule has 10 nitrogen and oxygen atoms in total. The molecule has 8 aromatic rings. The van der Waals surface area contributed by atoms with Crippen LogP contribution in [0.2, 0.25) is 0 Å². The lowest BCUT2D eigenvalue weighted by molar-refractivity contribution is -0.142. The second-order valence-electron chi connectivity index (χ2n) is 16.4. The molecule has 0 aliphatic carbocycles. The Kier molecular flexibility index (Phi) is 11.9. The summed E-state index contributed by atoms with van der Waals surface area (Å²) in [6.45, 7) is 3.24. The van der Waals surface area contributed by atoms with Crippen molar-refractivity contribution < 1.29 is 9.53 Å². The maximum absolute atomic E-state index is 14.5. The number of ether oxygens (including phenoxy) is 1. The van der Waals surface area contributed by atoms with E-state index in [1.54, 1.807) is 12.0 Å². The molecule has 6 aromatic carbocycles. The highest BCUT2D eigenvalue weighted by molar-refractivity contribution is 5.83. The summed E-state index contributed by atoms with van der Waals surface area (Å²) in [6, 6.07) is 53.5. The molecule has 0 bridgehead atoms. The van der Waals surface area contributed by atoms with Crippen LogP contribution >= 0.6 is 0 Å². The monoisotopic (exact) mass is 833 g/mol. The Labute approximate surface area is 367 Å². The third-order valence-corrected chi connectivity index (χ3v) is 12.6. The van der Waals surface area contributed by atoms with Gasteiger partial charge in [0, 0.05) is 32.7 Å². The predicted octanol–water partition coefficient (Wildman–Crippen LogP) is 9.50. The summed E-state index contributed by atoms with van der Waals surface area (Å²) in [5.41, 5.74) is 7.35. The number of carbonyl (C=O) groups is 1. The summed E-state index contributed by atoms with van der Waals surface area (Å²) in [5.74, 6) is 1.15. The summed E-state index contributed by atoms with van der Waals surface area (Å²) in [7, 11) is 3.48. The van der Waals surface area contributed by atoms with Gasteiger partial charge in [0.15, 0.2) is 5.82 Å². The number of benzene rings is 6. The van der Waals surface area contributed by atoms with Crippen LogP contribution in [-0.4, -0.2) is 61.3 Å². The molecule has 1 amide bonds. The Hall–Kier alpha value is -7.04. The Morgan fingerprint density at radius 1 is 0.762 bits per heavy atom. The van der Waals surface area contributed by atoms with E-state index in [9.17, 15) is 9.59 Å². The van der Waals surface area contributed by atoms with Crippen molar-refractivity contribution in [1.82, 2.24) is 34.7 Å². The number of piperidine rings is 1. The summed E-state index contributed by atoms with van der Waals surface area (Å²) in [5, 5.41) is 14.4. The molecule has 316 valence electrons. The van der Waals surface area contributed by atoms with Crippen LogP contribution in [0.5, 0.6) is 0 Å². The first-order valence-corrected chi connectivity index (χ1v) is 21.9. The van der Waals surface area contributed by atoms with Crippen LogP contribution in [0.1, 0.15) is 72.4 Å². The van der Waals surface area contributed by atoms with Gasteiger partial charge < -0.3 is 9.64 Å². The molecule has 1 aliphatic rings. The standard InChI is InChI=1S/C53H51N7O3/c1-4-5-27-48-54-47-33-32-39(49(63-3)45-26-17-34-58(2)51(45)61)35-46(47)52(62)59(48)36-37-28-30-38(31-29-37)43-24-15-16-25-44(43)50-55-56-57-60(50)53(40-18-9-6-10-19-40,41-20-11-7-12-21-41)42-22-13-8-14-23-42/h6-16,18-25,28-33,35,45,49H,4-5,17,26-27,34,36H2,1-3H3. The van der Waals surface area contributed by atoms with Crippen LogP contribution in [0.25, 0.3) is 33.4 Å². The fraction of sp³-hybridized carbons (Fsp3) is 0.245. The molecule has 2 atom stereocenters. The molecule has 0 radical (unpaired) electrons. The second kappa shape index (κ2) is 18.1. The van der Waals surface area contributed by atoms with Crippen molar-refractivity contribution in [2.45, 2.75) is 57.2 Å². The molecule has 1 fully saturated rings. The predicted molar refractivity (Wildman–Crippen MR) is 247 cm³/mol. The lowest BCUT2D eigenvalue weighted by atomic mass is 9.77. The van der Waals surface area contributed by atoms with Crippen molar-refractivity contribution >= 4 is 16.8 Å². The fourth-order valence-corrected chi connectivity index (χ4v) is 9.42. The molecule has 0 saturated carbocycles. The number of nitrogens with zero attached hydrogens (tertiary/aromatic N) is 7. The topological polar surface area (TPSA) is 108 Å². The molecule has 3 heterocycles. The molecule has 1 aliphatic heterocycles. The van der Waals surface area contributed by atoms with Crippen molar-refractivity contribution in [3.05, 3.63) is 202 Å². The zero-order chi connectivity index (χ0) is 43.3. The maximum Gasteiger partial charge on any atom is 0.261 e. The van der Waals surface area contributed by atoms with E-state index in [0.29, 0.717) is 29.7 Å². The van der Waals surface area contributed by atoms with Crippen LogP contribution in [-0.2, 0) is 28.0 Å². The molecule has 10 heteroatoms. The van der Waals surface area contributed by atoms with E-state index in [2.05, 4.69) is 121 Å².